The third-order valence-electron chi connectivity index (χ3n) is 3.73. The van der Waals surface area contributed by atoms with Gasteiger partial charge in [-0.1, -0.05) is 31.2 Å². The van der Waals surface area contributed by atoms with Crippen molar-refractivity contribution in [2.45, 2.75) is 32.8 Å². The summed E-state index contributed by atoms with van der Waals surface area (Å²) in [4.78, 5) is 12.0. The van der Waals surface area contributed by atoms with E-state index >= 15 is 0 Å². The van der Waals surface area contributed by atoms with Crippen molar-refractivity contribution in [3.8, 4) is 0 Å². The van der Waals surface area contributed by atoms with Crippen LogP contribution in [-0.4, -0.2) is 23.8 Å². The molecule has 0 spiro atoms. The van der Waals surface area contributed by atoms with Gasteiger partial charge in [0, 0.05) is 5.41 Å². The van der Waals surface area contributed by atoms with Crippen molar-refractivity contribution >= 4 is 5.97 Å². The van der Waals surface area contributed by atoms with E-state index in [4.69, 9.17) is 4.74 Å². The molecule has 104 valence electrons. The van der Waals surface area contributed by atoms with Crippen LogP contribution in [0.5, 0.6) is 0 Å². The van der Waals surface area contributed by atoms with Gasteiger partial charge < -0.3 is 9.84 Å². The van der Waals surface area contributed by atoms with Crippen molar-refractivity contribution < 1.29 is 14.6 Å². The van der Waals surface area contributed by atoms with Crippen LogP contribution in [-0.2, 0) is 4.74 Å². The Kier molecular flexibility index (Phi) is 5.77. The van der Waals surface area contributed by atoms with Crippen LogP contribution in [0.25, 0.3) is 0 Å². The molecule has 3 nitrogen and oxygen atoms in total. The molecule has 0 unspecified atom stereocenters. The third-order valence-corrected chi connectivity index (χ3v) is 3.73. The molecule has 1 aromatic rings. The minimum Gasteiger partial charge on any atom is -0.458 e. The maximum Gasteiger partial charge on any atom is 0.338 e. The number of rotatable bonds is 7. The summed E-state index contributed by atoms with van der Waals surface area (Å²) in [5.74, 6) is -0.358. The predicted molar refractivity (Wildman–Crippen MR) is 75.9 cm³/mol. The molecule has 19 heavy (non-hydrogen) atoms. The van der Waals surface area contributed by atoms with Crippen LogP contribution in [0, 0.1) is 5.41 Å². The number of aliphatic hydroxyl groups excluding tert-OH is 1. The monoisotopic (exact) mass is 262 g/mol. The van der Waals surface area contributed by atoms with Gasteiger partial charge in [-0.2, -0.15) is 0 Å². The van der Waals surface area contributed by atoms with Crippen molar-refractivity contribution in [3.63, 3.8) is 0 Å². The van der Waals surface area contributed by atoms with Gasteiger partial charge in [-0.15, -0.1) is 6.58 Å². The van der Waals surface area contributed by atoms with Gasteiger partial charge in [-0.3, -0.25) is 0 Å². The number of aliphatic hydroxyl groups is 1. The summed E-state index contributed by atoms with van der Waals surface area (Å²) in [5, 5.41) is 9.62. The van der Waals surface area contributed by atoms with Gasteiger partial charge in [0.1, 0.15) is 6.10 Å². The van der Waals surface area contributed by atoms with E-state index < -0.39 is 5.41 Å². The highest BCUT2D eigenvalue weighted by Gasteiger charge is 2.35. The van der Waals surface area contributed by atoms with Crippen LogP contribution < -0.4 is 0 Å². The molecule has 0 fully saturated rings. The molecule has 0 amide bonds. The predicted octanol–water partition coefficient (Wildman–Crippen LogP) is 3.20. The first-order valence-corrected chi connectivity index (χ1v) is 6.57. The SMILES string of the molecule is C=CC[C@@](CC)(CO)[C@H](C)OC(=O)c1ccccc1. The molecule has 2 atom stereocenters. The summed E-state index contributed by atoms with van der Waals surface area (Å²) in [7, 11) is 0. The highest BCUT2D eigenvalue weighted by atomic mass is 16.5. The van der Waals surface area contributed by atoms with Crippen LogP contribution in [0.1, 0.15) is 37.0 Å². The van der Waals surface area contributed by atoms with Crippen LogP contribution in [0.4, 0.5) is 0 Å². The van der Waals surface area contributed by atoms with Gasteiger partial charge >= 0.3 is 5.97 Å². The molecule has 0 heterocycles. The maximum absolute atomic E-state index is 12.0. The first kappa shape index (κ1) is 15.4. The Balaban J connectivity index is 2.79. The summed E-state index contributed by atoms with van der Waals surface area (Å²) >= 11 is 0. The molecule has 0 aliphatic heterocycles. The number of hydrogen-bond acceptors (Lipinski definition) is 3. The van der Waals surface area contributed by atoms with E-state index in [0.717, 1.165) is 6.42 Å². The first-order chi connectivity index (χ1) is 9.09. The van der Waals surface area contributed by atoms with Gasteiger partial charge in [-0.25, -0.2) is 4.79 Å². The molecular weight excluding hydrogens is 240 g/mol. The minimum absolute atomic E-state index is 0.0290. The smallest absolute Gasteiger partial charge is 0.338 e. The molecule has 0 saturated carbocycles. The molecule has 3 heteroatoms. The van der Waals surface area contributed by atoms with Crippen molar-refractivity contribution in [1.29, 1.82) is 0 Å². The molecule has 1 rings (SSSR count). The second kappa shape index (κ2) is 7.10. The molecule has 0 aromatic heterocycles. The van der Waals surface area contributed by atoms with Crippen LogP contribution in [0.3, 0.4) is 0 Å². The number of benzene rings is 1. The van der Waals surface area contributed by atoms with E-state index in [-0.39, 0.29) is 18.7 Å². The maximum atomic E-state index is 12.0. The highest BCUT2D eigenvalue weighted by Crippen LogP contribution is 2.33. The molecule has 1 aromatic carbocycles. The molecule has 0 aliphatic carbocycles. The highest BCUT2D eigenvalue weighted by molar-refractivity contribution is 5.89. The fourth-order valence-electron chi connectivity index (χ4n) is 2.12. The van der Waals surface area contributed by atoms with Gasteiger partial charge in [0.25, 0.3) is 0 Å². The molecule has 0 saturated heterocycles. The van der Waals surface area contributed by atoms with Crippen LogP contribution in [0.2, 0.25) is 0 Å². The summed E-state index contributed by atoms with van der Waals surface area (Å²) in [6.45, 7) is 7.48. The zero-order valence-electron chi connectivity index (χ0n) is 11.6. The van der Waals surface area contributed by atoms with E-state index in [9.17, 15) is 9.90 Å². The Morgan fingerprint density at radius 1 is 1.47 bits per heavy atom. The lowest BCUT2D eigenvalue weighted by Gasteiger charge is -2.35. The first-order valence-electron chi connectivity index (χ1n) is 6.57. The zero-order chi connectivity index (χ0) is 14.3. The van der Waals surface area contributed by atoms with Crippen molar-refractivity contribution in [3.05, 3.63) is 48.6 Å². The van der Waals surface area contributed by atoms with E-state index in [0.29, 0.717) is 12.0 Å². The summed E-state index contributed by atoms with van der Waals surface area (Å²) in [6, 6.07) is 8.88. The van der Waals surface area contributed by atoms with Gasteiger partial charge in [-0.05, 0) is 31.9 Å². The third kappa shape index (κ3) is 3.67. The van der Waals surface area contributed by atoms with Gasteiger partial charge in [0.15, 0.2) is 0 Å². The summed E-state index contributed by atoms with van der Waals surface area (Å²) in [6.07, 6.45) is 2.72. The number of ether oxygens (including phenoxy) is 1. The summed E-state index contributed by atoms with van der Waals surface area (Å²) < 4.78 is 5.49. The lowest BCUT2D eigenvalue weighted by Crippen LogP contribution is -2.39. The van der Waals surface area contributed by atoms with E-state index in [1.807, 2.05) is 19.9 Å². The molecule has 0 radical (unpaired) electrons. The minimum atomic E-state index is -0.452. The standard InChI is InChI=1S/C16H22O3/c1-4-11-16(5-2,12-17)13(3)19-15(18)14-9-7-6-8-10-14/h4,6-10,13,17H,1,5,11-12H2,2-3H3/t13-,16-/m0/s1. The van der Waals surface area contributed by atoms with Gasteiger partial charge in [0.05, 0.1) is 12.2 Å². The fourth-order valence-corrected chi connectivity index (χ4v) is 2.12. The Morgan fingerprint density at radius 2 is 2.11 bits per heavy atom. The molecule has 0 aliphatic rings. The van der Waals surface area contributed by atoms with Gasteiger partial charge in [0.2, 0.25) is 0 Å². The normalized spacial score (nSPS) is 15.3. The average molecular weight is 262 g/mol. The number of allylic oxidation sites excluding steroid dienone is 1. The van der Waals surface area contributed by atoms with Crippen LogP contribution >= 0.6 is 0 Å². The Bertz CT molecular complexity index is 407. The number of hydrogen-bond donors (Lipinski definition) is 1. The lowest BCUT2D eigenvalue weighted by atomic mass is 9.78. The topological polar surface area (TPSA) is 46.5 Å². The molecule has 1 N–H and O–H groups in total. The van der Waals surface area contributed by atoms with E-state index in [1.165, 1.54) is 0 Å². The lowest BCUT2D eigenvalue weighted by molar-refractivity contribution is -0.0348. The fraction of sp³-hybridized carbons (Fsp3) is 0.438. The zero-order valence-corrected chi connectivity index (χ0v) is 11.6. The van der Waals surface area contributed by atoms with Crippen molar-refractivity contribution in [2.75, 3.05) is 6.61 Å². The Hall–Kier alpha value is -1.61. The Labute approximate surface area is 114 Å². The largest absolute Gasteiger partial charge is 0.458 e. The second-order valence-corrected chi connectivity index (χ2v) is 4.78. The molecule has 0 bridgehead atoms. The van der Waals surface area contributed by atoms with Crippen molar-refractivity contribution in [1.82, 2.24) is 0 Å². The quantitative estimate of drug-likeness (QED) is 0.606. The number of esters is 1. The van der Waals surface area contributed by atoms with Crippen LogP contribution in [0.15, 0.2) is 43.0 Å². The summed E-state index contributed by atoms with van der Waals surface area (Å²) in [5.41, 5.74) is 0.0718. The second-order valence-electron chi connectivity index (χ2n) is 4.78. The van der Waals surface area contributed by atoms with E-state index in [2.05, 4.69) is 6.58 Å². The average Bonchev–Trinajstić information content (AvgIpc) is 2.45. The number of carbonyl (C=O) groups is 1. The van der Waals surface area contributed by atoms with E-state index in [1.54, 1.807) is 30.3 Å². The Morgan fingerprint density at radius 3 is 2.58 bits per heavy atom. The molecular formula is C16H22O3. The number of carbonyl (C=O) groups excluding carboxylic acids is 1. The van der Waals surface area contributed by atoms with Crippen molar-refractivity contribution in [2.24, 2.45) is 5.41 Å².